The summed E-state index contributed by atoms with van der Waals surface area (Å²) in [6.45, 7) is 0. The normalized spacial score (nSPS) is 12.2. The van der Waals surface area contributed by atoms with E-state index in [1.54, 1.807) is 6.07 Å². The van der Waals surface area contributed by atoms with E-state index >= 15 is 0 Å². The number of anilines is 1. The first-order chi connectivity index (χ1) is 18.3. The summed E-state index contributed by atoms with van der Waals surface area (Å²) in [4.78, 5) is 28.3. The molecule has 0 aliphatic heterocycles. The van der Waals surface area contributed by atoms with Crippen molar-refractivity contribution in [2.75, 3.05) is 5.32 Å². The highest BCUT2D eigenvalue weighted by molar-refractivity contribution is 6.01. The molecule has 1 aromatic carbocycles. The number of benzene rings is 1. The minimum atomic E-state index is -2.78. The average Bonchev–Trinajstić information content (AvgIpc) is 3.27. The lowest BCUT2D eigenvalue weighted by molar-refractivity contribution is -0.118. The first-order valence-electron chi connectivity index (χ1n) is 11.4. The van der Waals surface area contributed by atoms with Crippen LogP contribution in [0.25, 0.3) is 33.5 Å². The van der Waals surface area contributed by atoms with Gasteiger partial charge >= 0.3 is 0 Å². The number of aromatic amines is 1. The third kappa shape index (κ3) is 5.22. The zero-order valence-corrected chi connectivity index (χ0v) is 19.4. The zero-order valence-electron chi connectivity index (χ0n) is 19.4. The maximum absolute atomic E-state index is 14.0. The van der Waals surface area contributed by atoms with E-state index in [0.717, 1.165) is 18.3 Å². The second kappa shape index (κ2) is 10.4. The molecule has 1 amide bonds. The molecule has 1 atom stereocenters. The molecule has 192 valence electrons. The topological polar surface area (TPSA) is 83.6 Å². The molecule has 38 heavy (non-hydrogen) atoms. The summed E-state index contributed by atoms with van der Waals surface area (Å²) in [6.07, 6.45) is -1.13. The first-order valence-corrected chi connectivity index (χ1v) is 11.4. The molecule has 0 aliphatic rings. The van der Waals surface area contributed by atoms with Crippen LogP contribution in [0.1, 0.15) is 17.9 Å². The summed E-state index contributed by atoms with van der Waals surface area (Å²) in [6, 6.07) is 13.2. The summed E-state index contributed by atoms with van der Waals surface area (Å²) in [5, 5.41) is 2.55. The highest BCUT2D eigenvalue weighted by Crippen LogP contribution is 2.37. The molecule has 6 nitrogen and oxygen atoms in total. The monoisotopic (exact) mass is 523 g/mol. The summed E-state index contributed by atoms with van der Waals surface area (Å²) in [7, 11) is 0. The number of carbonyl (C=O) groups excluding carboxylic acids is 1. The van der Waals surface area contributed by atoms with Crippen LogP contribution in [0.15, 0.2) is 73.1 Å². The number of alkyl halides is 2. The number of nitrogens with one attached hydrogen (secondary N) is 2. The second-order valence-electron chi connectivity index (χ2n) is 8.42. The van der Waals surface area contributed by atoms with Crippen LogP contribution in [0, 0.1) is 17.6 Å². The van der Waals surface area contributed by atoms with Crippen molar-refractivity contribution in [1.29, 1.82) is 0 Å². The van der Waals surface area contributed by atoms with Crippen molar-refractivity contribution < 1.29 is 26.7 Å². The largest absolute Gasteiger partial charge is 0.353 e. The molecule has 0 saturated carbocycles. The fourth-order valence-electron chi connectivity index (χ4n) is 4.17. The Morgan fingerprint density at radius 2 is 1.68 bits per heavy atom. The number of hydrogen-bond donors (Lipinski definition) is 2. The van der Waals surface area contributed by atoms with Crippen molar-refractivity contribution >= 4 is 22.8 Å². The van der Waals surface area contributed by atoms with Gasteiger partial charge < -0.3 is 10.3 Å². The van der Waals surface area contributed by atoms with Crippen molar-refractivity contribution in [2.45, 2.75) is 18.8 Å². The highest BCUT2D eigenvalue weighted by Gasteiger charge is 2.26. The van der Waals surface area contributed by atoms with E-state index in [2.05, 4.69) is 25.3 Å². The molecule has 0 unspecified atom stereocenters. The highest BCUT2D eigenvalue weighted by atomic mass is 19.3. The number of nitrogens with zero attached hydrogens (tertiary/aromatic N) is 3. The number of fused-ring (bicyclic) bond motifs is 1. The van der Waals surface area contributed by atoms with E-state index in [0.29, 0.717) is 28.0 Å². The number of halogens is 5. The van der Waals surface area contributed by atoms with Crippen LogP contribution in [0.3, 0.4) is 0 Å². The van der Waals surface area contributed by atoms with Crippen LogP contribution >= 0.6 is 0 Å². The number of H-pyrrole nitrogens is 1. The Kier molecular flexibility index (Phi) is 6.82. The van der Waals surface area contributed by atoms with Gasteiger partial charge in [-0.25, -0.2) is 27.5 Å². The van der Waals surface area contributed by atoms with Gasteiger partial charge in [-0.1, -0.05) is 12.1 Å². The molecule has 0 radical (unpaired) electrons. The minimum Gasteiger partial charge on any atom is -0.353 e. The Hall–Kier alpha value is -4.67. The smallest absolute Gasteiger partial charge is 0.239 e. The Bertz CT molecular complexity index is 1600. The van der Waals surface area contributed by atoms with Gasteiger partial charge in [0.1, 0.15) is 23.0 Å². The molecule has 0 spiro atoms. The van der Waals surface area contributed by atoms with E-state index in [1.807, 2.05) is 0 Å². The van der Waals surface area contributed by atoms with Gasteiger partial charge in [-0.2, -0.15) is 4.39 Å². The van der Waals surface area contributed by atoms with Gasteiger partial charge in [0.25, 0.3) is 0 Å². The number of rotatable bonds is 7. The molecular weight excluding hydrogens is 505 g/mol. The fourth-order valence-corrected chi connectivity index (χ4v) is 4.17. The standard InChI is InChI=1S/C27H18F5N5O/c28-16-3-1-14(2-4-16)18(12-21(30)31)27(38)37-23-11-15(9-10-33-23)25-24(19-6-5-17(29)13-34-19)26-20(35-25)7-8-22(32)36-26/h1-11,13,18,21,35H,12H2,(H,33,37,38)/t18-/m1/s1. The quantitative estimate of drug-likeness (QED) is 0.189. The molecule has 0 aliphatic carbocycles. The first kappa shape index (κ1) is 25.0. The third-order valence-corrected chi connectivity index (χ3v) is 5.89. The molecule has 4 aromatic heterocycles. The summed E-state index contributed by atoms with van der Waals surface area (Å²) in [5.74, 6) is -3.77. The maximum atomic E-state index is 14.0. The Balaban J connectivity index is 1.52. The third-order valence-electron chi connectivity index (χ3n) is 5.89. The van der Waals surface area contributed by atoms with E-state index in [1.165, 1.54) is 48.7 Å². The van der Waals surface area contributed by atoms with Crippen LogP contribution in [0.4, 0.5) is 27.8 Å². The van der Waals surface area contributed by atoms with Crippen molar-refractivity contribution in [1.82, 2.24) is 19.9 Å². The van der Waals surface area contributed by atoms with E-state index in [4.69, 9.17) is 0 Å². The second-order valence-corrected chi connectivity index (χ2v) is 8.42. The van der Waals surface area contributed by atoms with Gasteiger partial charge in [0, 0.05) is 18.2 Å². The summed E-state index contributed by atoms with van der Waals surface area (Å²) < 4.78 is 67.4. The molecule has 5 aromatic rings. The van der Waals surface area contributed by atoms with Crippen LogP contribution in [-0.4, -0.2) is 32.3 Å². The Morgan fingerprint density at radius 3 is 2.39 bits per heavy atom. The lowest BCUT2D eigenvalue weighted by Crippen LogP contribution is -2.23. The van der Waals surface area contributed by atoms with Gasteiger partial charge in [0.2, 0.25) is 18.3 Å². The number of hydrogen-bond acceptors (Lipinski definition) is 4. The van der Waals surface area contributed by atoms with Gasteiger partial charge in [0.15, 0.2) is 0 Å². The molecule has 4 heterocycles. The lowest BCUT2D eigenvalue weighted by atomic mass is 9.95. The number of pyridine rings is 3. The van der Waals surface area contributed by atoms with Crippen LogP contribution < -0.4 is 5.32 Å². The predicted octanol–water partition coefficient (Wildman–Crippen LogP) is 6.48. The van der Waals surface area contributed by atoms with Crippen LogP contribution in [-0.2, 0) is 4.79 Å². The molecule has 5 rings (SSSR count). The fraction of sp³-hybridized carbons (Fsp3) is 0.111. The Labute approximate surface area is 212 Å². The molecule has 2 N–H and O–H groups in total. The van der Waals surface area contributed by atoms with Crippen molar-refractivity contribution in [3.8, 4) is 22.5 Å². The van der Waals surface area contributed by atoms with Gasteiger partial charge in [0.05, 0.1) is 34.6 Å². The number of amides is 1. The van der Waals surface area contributed by atoms with Gasteiger partial charge in [-0.05, 0) is 54.1 Å². The van der Waals surface area contributed by atoms with E-state index in [-0.39, 0.29) is 16.9 Å². The zero-order chi connectivity index (χ0) is 26.8. The molecule has 0 bridgehead atoms. The SMILES string of the molecule is O=C(Nc1cc(-c2[nH]c3ccc(F)nc3c2-c2ccc(F)cn2)ccn1)[C@H](CC(F)F)c1ccc(F)cc1. The minimum absolute atomic E-state index is 0.0599. The van der Waals surface area contributed by atoms with Crippen LogP contribution in [0.2, 0.25) is 0 Å². The summed E-state index contributed by atoms with van der Waals surface area (Å²) in [5.41, 5.74) is 2.62. The number of carbonyl (C=O) groups is 1. The van der Waals surface area contributed by atoms with Crippen molar-refractivity contribution in [2.24, 2.45) is 0 Å². The maximum Gasteiger partial charge on any atom is 0.239 e. The molecular formula is C27H18F5N5O. The lowest BCUT2D eigenvalue weighted by Gasteiger charge is -2.17. The molecule has 0 saturated heterocycles. The Morgan fingerprint density at radius 1 is 0.921 bits per heavy atom. The van der Waals surface area contributed by atoms with Gasteiger partial charge in [-0.15, -0.1) is 0 Å². The molecule has 11 heteroatoms. The predicted molar refractivity (Wildman–Crippen MR) is 131 cm³/mol. The summed E-state index contributed by atoms with van der Waals surface area (Å²) >= 11 is 0. The van der Waals surface area contributed by atoms with E-state index < -0.39 is 42.3 Å². The molecule has 0 fully saturated rings. The van der Waals surface area contributed by atoms with Crippen molar-refractivity contribution in [3.05, 3.63) is 96.2 Å². The average molecular weight is 523 g/mol. The van der Waals surface area contributed by atoms with Crippen LogP contribution in [0.5, 0.6) is 0 Å². The number of aromatic nitrogens is 4. The van der Waals surface area contributed by atoms with Crippen molar-refractivity contribution in [3.63, 3.8) is 0 Å². The van der Waals surface area contributed by atoms with E-state index in [9.17, 15) is 26.7 Å². The van der Waals surface area contributed by atoms with Gasteiger partial charge in [-0.3, -0.25) is 9.78 Å².